The third kappa shape index (κ3) is 3.63. The van der Waals surface area contributed by atoms with Crippen molar-refractivity contribution in [1.82, 2.24) is 4.98 Å². The van der Waals surface area contributed by atoms with Crippen molar-refractivity contribution in [2.75, 3.05) is 11.1 Å². The van der Waals surface area contributed by atoms with E-state index in [4.69, 9.17) is 17.3 Å². The lowest BCUT2D eigenvalue weighted by molar-refractivity contribution is -0.137. The number of nitrogens with one attached hydrogen (secondary N) is 1. The quantitative estimate of drug-likeness (QED) is 0.890. The Bertz CT molecular complexity index is 689. The van der Waals surface area contributed by atoms with Crippen LogP contribution in [0.2, 0.25) is 5.02 Å². The van der Waals surface area contributed by atoms with Crippen molar-refractivity contribution in [2.24, 2.45) is 0 Å². The Kier molecular flexibility index (Phi) is 4.04. The molecule has 8 heteroatoms. The molecule has 0 spiro atoms. The van der Waals surface area contributed by atoms with Crippen molar-refractivity contribution >= 4 is 29.0 Å². The number of pyridine rings is 1. The number of benzene rings is 1. The summed E-state index contributed by atoms with van der Waals surface area (Å²) >= 11 is 5.74. The highest BCUT2D eigenvalue weighted by molar-refractivity contribution is 6.34. The van der Waals surface area contributed by atoms with E-state index in [0.717, 1.165) is 18.2 Å². The lowest BCUT2D eigenvalue weighted by Gasteiger charge is -2.11. The highest BCUT2D eigenvalue weighted by Crippen LogP contribution is 2.33. The van der Waals surface area contributed by atoms with E-state index in [1.54, 1.807) is 0 Å². The summed E-state index contributed by atoms with van der Waals surface area (Å²) in [6.07, 6.45) is -4.50. The minimum Gasteiger partial charge on any atom is -0.384 e. The van der Waals surface area contributed by atoms with Crippen LogP contribution in [0.3, 0.4) is 0 Å². The van der Waals surface area contributed by atoms with Crippen molar-refractivity contribution in [2.45, 2.75) is 6.18 Å². The predicted molar refractivity (Wildman–Crippen MR) is 73.1 cm³/mol. The predicted octanol–water partition coefficient (Wildman–Crippen LogP) is 3.59. The second-order valence-corrected chi connectivity index (χ2v) is 4.50. The molecule has 0 bridgehead atoms. The molecule has 110 valence electrons. The summed E-state index contributed by atoms with van der Waals surface area (Å²) in [5, 5.41) is 2.16. The number of hydrogen-bond donors (Lipinski definition) is 2. The zero-order valence-electron chi connectivity index (χ0n) is 10.4. The van der Waals surface area contributed by atoms with Crippen LogP contribution < -0.4 is 11.1 Å². The summed E-state index contributed by atoms with van der Waals surface area (Å²) < 4.78 is 37.5. The summed E-state index contributed by atoms with van der Waals surface area (Å²) in [6, 6.07) is 7.10. The van der Waals surface area contributed by atoms with Gasteiger partial charge in [0.2, 0.25) is 0 Å². The van der Waals surface area contributed by atoms with Gasteiger partial charge >= 0.3 is 6.18 Å². The van der Waals surface area contributed by atoms with Crippen molar-refractivity contribution in [1.29, 1.82) is 0 Å². The molecule has 1 aromatic carbocycles. The highest BCUT2D eigenvalue weighted by Gasteiger charge is 2.31. The maximum absolute atomic E-state index is 12.5. The van der Waals surface area contributed by atoms with Crippen LogP contribution in [0.15, 0.2) is 36.4 Å². The van der Waals surface area contributed by atoms with Gasteiger partial charge in [0.25, 0.3) is 5.91 Å². The summed E-state index contributed by atoms with van der Waals surface area (Å²) in [5.41, 5.74) is 4.64. The van der Waals surface area contributed by atoms with E-state index in [1.807, 2.05) is 0 Å². The minimum atomic E-state index is -4.50. The molecule has 0 unspecified atom stereocenters. The summed E-state index contributed by atoms with van der Waals surface area (Å²) in [6.45, 7) is 0. The number of nitrogens with zero attached hydrogens (tertiary/aromatic N) is 1. The van der Waals surface area contributed by atoms with Crippen LogP contribution in [-0.4, -0.2) is 10.9 Å². The fourth-order valence-corrected chi connectivity index (χ4v) is 1.78. The van der Waals surface area contributed by atoms with Gasteiger partial charge in [-0.15, -0.1) is 0 Å². The first-order valence-corrected chi connectivity index (χ1v) is 6.06. The molecule has 0 saturated carbocycles. The average Bonchev–Trinajstić information content (AvgIpc) is 2.39. The maximum atomic E-state index is 12.5. The van der Waals surface area contributed by atoms with Crippen molar-refractivity contribution in [3.63, 3.8) is 0 Å². The molecule has 2 aromatic rings. The van der Waals surface area contributed by atoms with Crippen LogP contribution in [0.4, 0.5) is 24.7 Å². The number of alkyl halides is 3. The molecule has 0 aliphatic heterocycles. The van der Waals surface area contributed by atoms with Gasteiger partial charge in [0.15, 0.2) is 0 Å². The lowest BCUT2D eigenvalue weighted by atomic mass is 10.2. The number of halogens is 4. The minimum absolute atomic E-state index is 0.0333. The number of carbonyl (C=O) groups excluding carboxylic acids is 1. The summed E-state index contributed by atoms with van der Waals surface area (Å²) in [5.74, 6) is -0.467. The molecule has 0 aliphatic rings. The first kappa shape index (κ1) is 15.1. The van der Waals surface area contributed by atoms with Crippen molar-refractivity contribution in [3.05, 3.63) is 52.7 Å². The van der Waals surface area contributed by atoms with Gasteiger partial charge in [-0.3, -0.25) is 4.79 Å². The first-order valence-electron chi connectivity index (χ1n) is 5.68. The number of amides is 1. The topological polar surface area (TPSA) is 68.0 Å². The molecule has 3 N–H and O–H groups in total. The van der Waals surface area contributed by atoms with Crippen LogP contribution in [0, 0.1) is 0 Å². The third-order valence-electron chi connectivity index (χ3n) is 2.55. The number of aromatic nitrogens is 1. The van der Waals surface area contributed by atoms with E-state index in [9.17, 15) is 18.0 Å². The van der Waals surface area contributed by atoms with Gasteiger partial charge in [0.05, 0.1) is 16.3 Å². The summed E-state index contributed by atoms with van der Waals surface area (Å²) in [7, 11) is 0. The SMILES string of the molecule is Nc1cccc(C(=O)Nc2ccc(C(F)(F)F)cc2Cl)n1. The van der Waals surface area contributed by atoms with E-state index in [2.05, 4.69) is 10.3 Å². The van der Waals surface area contributed by atoms with Crippen molar-refractivity contribution in [3.8, 4) is 0 Å². The van der Waals surface area contributed by atoms with E-state index in [1.165, 1.54) is 18.2 Å². The van der Waals surface area contributed by atoms with Gasteiger partial charge in [-0.2, -0.15) is 13.2 Å². The Labute approximate surface area is 122 Å². The van der Waals surface area contributed by atoms with Crippen LogP contribution in [-0.2, 0) is 6.18 Å². The summed E-state index contributed by atoms with van der Waals surface area (Å²) in [4.78, 5) is 15.7. The molecule has 1 amide bonds. The molecule has 2 rings (SSSR count). The normalized spacial score (nSPS) is 11.2. The van der Waals surface area contributed by atoms with Gasteiger partial charge in [0, 0.05) is 0 Å². The zero-order valence-corrected chi connectivity index (χ0v) is 11.2. The lowest BCUT2D eigenvalue weighted by Crippen LogP contribution is -2.15. The number of nitrogen functional groups attached to an aromatic ring is 1. The molecular formula is C13H9ClF3N3O. The third-order valence-corrected chi connectivity index (χ3v) is 2.86. The smallest absolute Gasteiger partial charge is 0.384 e. The van der Waals surface area contributed by atoms with Crippen LogP contribution in [0.5, 0.6) is 0 Å². The first-order chi connectivity index (χ1) is 9.77. The van der Waals surface area contributed by atoms with Crippen molar-refractivity contribution < 1.29 is 18.0 Å². The molecule has 4 nitrogen and oxygen atoms in total. The van der Waals surface area contributed by atoms with Crippen LogP contribution in [0.1, 0.15) is 16.1 Å². The zero-order chi connectivity index (χ0) is 15.6. The second-order valence-electron chi connectivity index (χ2n) is 4.09. The van der Waals surface area contributed by atoms with E-state index in [0.29, 0.717) is 0 Å². The fourth-order valence-electron chi connectivity index (χ4n) is 1.56. The largest absolute Gasteiger partial charge is 0.416 e. The number of nitrogens with two attached hydrogens (primary N) is 1. The number of anilines is 2. The Balaban J connectivity index is 2.22. The second kappa shape index (κ2) is 5.61. The van der Waals surface area contributed by atoms with Crippen LogP contribution in [0.25, 0.3) is 0 Å². The van der Waals surface area contributed by atoms with E-state index in [-0.39, 0.29) is 22.2 Å². The average molecular weight is 316 g/mol. The van der Waals surface area contributed by atoms with Gasteiger partial charge in [-0.25, -0.2) is 4.98 Å². The fraction of sp³-hybridized carbons (Fsp3) is 0.0769. The Morgan fingerprint density at radius 3 is 2.52 bits per heavy atom. The Morgan fingerprint density at radius 1 is 1.24 bits per heavy atom. The molecule has 1 heterocycles. The van der Waals surface area contributed by atoms with E-state index < -0.39 is 17.6 Å². The number of carbonyl (C=O) groups is 1. The molecule has 0 aliphatic carbocycles. The number of rotatable bonds is 2. The Morgan fingerprint density at radius 2 is 1.95 bits per heavy atom. The number of hydrogen-bond acceptors (Lipinski definition) is 3. The molecule has 0 fully saturated rings. The monoisotopic (exact) mass is 315 g/mol. The molecular weight excluding hydrogens is 307 g/mol. The van der Waals surface area contributed by atoms with E-state index >= 15 is 0 Å². The van der Waals surface area contributed by atoms with Gasteiger partial charge in [-0.05, 0) is 30.3 Å². The molecule has 1 aromatic heterocycles. The Hall–Kier alpha value is -2.28. The van der Waals surface area contributed by atoms with Gasteiger partial charge in [0.1, 0.15) is 11.5 Å². The molecule has 0 atom stereocenters. The molecule has 21 heavy (non-hydrogen) atoms. The van der Waals surface area contributed by atoms with Gasteiger partial charge < -0.3 is 11.1 Å². The van der Waals surface area contributed by atoms with Crippen LogP contribution >= 0.6 is 11.6 Å². The molecule has 0 radical (unpaired) electrons. The maximum Gasteiger partial charge on any atom is 0.416 e. The molecule has 0 saturated heterocycles. The standard InChI is InChI=1S/C13H9ClF3N3O/c14-8-6-7(13(15,16)17)4-5-9(8)20-12(21)10-2-1-3-11(18)19-10/h1-6H,(H2,18,19)(H,20,21). The highest BCUT2D eigenvalue weighted by atomic mass is 35.5. The van der Waals surface area contributed by atoms with Gasteiger partial charge in [-0.1, -0.05) is 17.7 Å².